The predicted molar refractivity (Wildman–Crippen MR) is 113 cm³/mol. The van der Waals surface area contributed by atoms with E-state index in [1.165, 1.54) is 4.80 Å². The average molecular weight is 408 g/mol. The molecule has 1 aromatic heterocycles. The van der Waals surface area contributed by atoms with Gasteiger partial charge in [0.1, 0.15) is 11.5 Å². The summed E-state index contributed by atoms with van der Waals surface area (Å²) in [5.41, 5.74) is 3.46. The Morgan fingerprint density at radius 2 is 2.00 bits per heavy atom. The summed E-state index contributed by atoms with van der Waals surface area (Å²) in [7, 11) is 3.24. The smallest absolute Gasteiger partial charge is 0.246 e. The molecule has 0 saturated carbocycles. The Hall–Kier alpha value is -3.62. The number of amides is 1. The predicted octanol–water partition coefficient (Wildman–Crippen LogP) is 2.38. The van der Waals surface area contributed by atoms with Crippen LogP contribution in [0.25, 0.3) is 11.4 Å². The van der Waals surface area contributed by atoms with Crippen molar-refractivity contribution in [2.24, 2.45) is 0 Å². The molecule has 1 N–H and O–H groups in total. The van der Waals surface area contributed by atoms with Crippen LogP contribution in [-0.2, 0) is 17.8 Å². The fourth-order valence-electron chi connectivity index (χ4n) is 3.60. The monoisotopic (exact) mass is 408 g/mol. The number of methoxy groups -OCH3 is 2. The maximum Gasteiger partial charge on any atom is 0.246 e. The van der Waals surface area contributed by atoms with Gasteiger partial charge in [-0.05, 0) is 48.9 Å². The van der Waals surface area contributed by atoms with Gasteiger partial charge in [-0.2, -0.15) is 4.80 Å². The van der Waals surface area contributed by atoms with Gasteiger partial charge < -0.3 is 19.7 Å². The van der Waals surface area contributed by atoms with Gasteiger partial charge >= 0.3 is 0 Å². The largest absolute Gasteiger partial charge is 0.496 e. The van der Waals surface area contributed by atoms with Crippen LogP contribution in [0.5, 0.6) is 11.5 Å². The van der Waals surface area contributed by atoms with Crippen molar-refractivity contribution < 1.29 is 14.3 Å². The summed E-state index contributed by atoms with van der Waals surface area (Å²) in [4.78, 5) is 16.2. The lowest BCUT2D eigenvalue weighted by Gasteiger charge is -2.19. The van der Waals surface area contributed by atoms with Gasteiger partial charge in [0.25, 0.3) is 0 Å². The number of aromatic nitrogens is 4. The Bertz CT molecular complexity index is 1060. The molecule has 3 aromatic rings. The van der Waals surface area contributed by atoms with Crippen molar-refractivity contribution in [3.63, 3.8) is 0 Å². The van der Waals surface area contributed by atoms with Crippen molar-refractivity contribution in [1.29, 1.82) is 0 Å². The summed E-state index contributed by atoms with van der Waals surface area (Å²) in [6.45, 7) is 3.36. The van der Waals surface area contributed by atoms with E-state index in [4.69, 9.17) is 9.47 Å². The Morgan fingerprint density at radius 1 is 1.17 bits per heavy atom. The van der Waals surface area contributed by atoms with Crippen LogP contribution in [0.2, 0.25) is 0 Å². The quantitative estimate of drug-likeness (QED) is 0.641. The highest BCUT2D eigenvalue weighted by Gasteiger charge is 2.26. The Balaban J connectivity index is 1.51. The van der Waals surface area contributed by atoms with Crippen LogP contribution in [0.3, 0.4) is 0 Å². The summed E-state index contributed by atoms with van der Waals surface area (Å²) in [6, 6.07) is 11.3. The fourth-order valence-corrected chi connectivity index (χ4v) is 3.60. The van der Waals surface area contributed by atoms with E-state index >= 15 is 0 Å². The molecule has 1 aliphatic rings. The van der Waals surface area contributed by atoms with Gasteiger partial charge in [0.05, 0.1) is 38.7 Å². The standard InChI is InChI=1S/C21H24N6O3/c1-4-27-24-21(23-25-27)14-8-9-19(30-3)16(12-14)22-13-20(28)26-11-10-15-17(26)6-5-7-18(15)29-2/h5-9,12,22H,4,10-11,13H2,1-3H3. The van der Waals surface area contributed by atoms with Crippen molar-refractivity contribution in [1.82, 2.24) is 20.2 Å². The van der Waals surface area contributed by atoms with E-state index in [1.54, 1.807) is 19.1 Å². The Kier molecular flexibility index (Phi) is 5.51. The van der Waals surface area contributed by atoms with Crippen molar-refractivity contribution >= 4 is 17.3 Å². The Morgan fingerprint density at radius 3 is 2.73 bits per heavy atom. The molecule has 0 bridgehead atoms. The second kappa shape index (κ2) is 8.40. The first-order valence-corrected chi connectivity index (χ1v) is 9.81. The van der Waals surface area contributed by atoms with Gasteiger partial charge in [-0.25, -0.2) is 0 Å². The van der Waals surface area contributed by atoms with E-state index in [9.17, 15) is 4.79 Å². The molecule has 30 heavy (non-hydrogen) atoms. The molecule has 0 aliphatic carbocycles. The van der Waals surface area contributed by atoms with Crippen molar-refractivity contribution in [3.8, 4) is 22.9 Å². The zero-order chi connectivity index (χ0) is 21.1. The summed E-state index contributed by atoms with van der Waals surface area (Å²) in [6.07, 6.45) is 0.780. The number of hydrogen-bond acceptors (Lipinski definition) is 7. The molecule has 0 radical (unpaired) electrons. The highest BCUT2D eigenvalue weighted by atomic mass is 16.5. The van der Waals surface area contributed by atoms with Gasteiger partial charge in [-0.3, -0.25) is 4.79 Å². The van der Waals surface area contributed by atoms with E-state index in [0.29, 0.717) is 30.4 Å². The normalized spacial score (nSPS) is 12.6. The van der Waals surface area contributed by atoms with Crippen molar-refractivity contribution in [2.45, 2.75) is 19.9 Å². The van der Waals surface area contributed by atoms with Crippen LogP contribution in [0.4, 0.5) is 11.4 Å². The first-order valence-electron chi connectivity index (χ1n) is 9.81. The lowest BCUT2D eigenvalue weighted by atomic mass is 10.1. The van der Waals surface area contributed by atoms with Crippen LogP contribution in [0.1, 0.15) is 12.5 Å². The minimum Gasteiger partial charge on any atom is -0.496 e. The third kappa shape index (κ3) is 3.66. The molecule has 0 fully saturated rings. The van der Waals surface area contributed by atoms with Gasteiger partial charge in [-0.1, -0.05) is 6.07 Å². The van der Waals surface area contributed by atoms with Gasteiger partial charge in [0.15, 0.2) is 0 Å². The second-order valence-electron chi connectivity index (χ2n) is 6.82. The number of carbonyl (C=O) groups excluding carboxylic acids is 1. The molecule has 2 heterocycles. The highest BCUT2D eigenvalue weighted by Crippen LogP contribution is 2.35. The minimum atomic E-state index is -0.0236. The lowest BCUT2D eigenvalue weighted by molar-refractivity contribution is -0.116. The minimum absolute atomic E-state index is 0.0236. The van der Waals surface area contributed by atoms with Crippen molar-refractivity contribution in [2.75, 3.05) is 37.5 Å². The van der Waals surface area contributed by atoms with E-state index < -0.39 is 0 Å². The molecular weight excluding hydrogens is 384 g/mol. The third-order valence-corrected chi connectivity index (χ3v) is 5.13. The molecular formula is C21H24N6O3. The third-order valence-electron chi connectivity index (χ3n) is 5.13. The van der Waals surface area contributed by atoms with E-state index in [0.717, 1.165) is 29.0 Å². The number of nitrogens with zero attached hydrogens (tertiary/aromatic N) is 5. The first-order chi connectivity index (χ1) is 14.6. The molecule has 0 spiro atoms. The summed E-state index contributed by atoms with van der Waals surface area (Å²) in [5, 5.41) is 15.6. The number of nitrogens with one attached hydrogen (secondary N) is 1. The molecule has 9 nitrogen and oxygen atoms in total. The summed E-state index contributed by atoms with van der Waals surface area (Å²) >= 11 is 0. The highest BCUT2D eigenvalue weighted by molar-refractivity contribution is 5.98. The van der Waals surface area contributed by atoms with Gasteiger partial charge in [0, 0.05) is 17.7 Å². The molecule has 156 valence electrons. The lowest BCUT2D eigenvalue weighted by Crippen LogP contribution is -2.34. The zero-order valence-corrected chi connectivity index (χ0v) is 17.3. The molecule has 9 heteroatoms. The molecule has 0 unspecified atom stereocenters. The topological polar surface area (TPSA) is 94.4 Å². The molecule has 1 amide bonds. The summed E-state index contributed by atoms with van der Waals surface area (Å²) < 4.78 is 10.9. The zero-order valence-electron chi connectivity index (χ0n) is 17.3. The molecule has 2 aromatic carbocycles. The summed E-state index contributed by atoms with van der Waals surface area (Å²) in [5.74, 6) is 1.95. The molecule has 1 aliphatic heterocycles. The van der Waals surface area contributed by atoms with E-state index in [-0.39, 0.29) is 12.5 Å². The van der Waals surface area contributed by atoms with Crippen LogP contribution in [-0.4, -0.2) is 53.4 Å². The number of carbonyl (C=O) groups is 1. The number of aryl methyl sites for hydroxylation is 1. The van der Waals surface area contributed by atoms with Crippen molar-refractivity contribution in [3.05, 3.63) is 42.0 Å². The molecule has 0 saturated heterocycles. The number of hydrogen-bond donors (Lipinski definition) is 1. The number of rotatable bonds is 7. The molecule has 4 rings (SSSR count). The fraction of sp³-hybridized carbons (Fsp3) is 0.333. The average Bonchev–Trinajstić information content (AvgIpc) is 3.44. The van der Waals surface area contributed by atoms with Crippen LogP contribution < -0.4 is 19.7 Å². The SMILES string of the molecule is CCn1nnc(-c2ccc(OC)c(NCC(=O)N3CCc4c(OC)cccc43)c2)n1. The number of tetrazole rings is 1. The maximum atomic E-state index is 12.9. The number of anilines is 2. The van der Waals surface area contributed by atoms with E-state index in [2.05, 4.69) is 20.7 Å². The number of benzene rings is 2. The van der Waals surface area contributed by atoms with Crippen LogP contribution >= 0.6 is 0 Å². The maximum absolute atomic E-state index is 12.9. The van der Waals surface area contributed by atoms with Crippen LogP contribution in [0.15, 0.2) is 36.4 Å². The Labute approximate surface area is 174 Å². The number of ether oxygens (including phenoxy) is 2. The first kappa shape index (κ1) is 19.7. The number of fused-ring (bicyclic) bond motifs is 1. The van der Waals surface area contributed by atoms with Gasteiger partial charge in [0.2, 0.25) is 11.7 Å². The molecule has 0 atom stereocenters. The second-order valence-corrected chi connectivity index (χ2v) is 6.82. The van der Waals surface area contributed by atoms with Gasteiger partial charge in [-0.15, -0.1) is 10.2 Å². The van der Waals surface area contributed by atoms with Crippen LogP contribution in [0, 0.1) is 0 Å². The van der Waals surface area contributed by atoms with E-state index in [1.807, 2.05) is 43.3 Å².